The van der Waals surface area contributed by atoms with E-state index in [1.165, 1.54) is 17.9 Å². The van der Waals surface area contributed by atoms with Crippen LogP contribution in [-0.4, -0.2) is 78.9 Å². The van der Waals surface area contributed by atoms with Crippen molar-refractivity contribution in [1.82, 2.24) is 15.3 Å². The molecule has 2 aromatic rings. The number of halogens is 1. The average molecular weight is 456 g/mol. The van der Waals surface area contributed by atoms with Gasteiger partial charge < -0.3 is 20.1 Å². The van der Waals surface area contributed by atoms with Crippen molar-refractivity contribution >= 4 is 29.8 Å². The number of hydrazone groups is 1. The Morgan fingerprint density at radius 1 is 1.30 bits per heavy atom. The van der Waals surface area contributed by atoms with Crippen LogP contribution in [-0.2, 0) is 9.53 Å². The number of nitrogens with one attached hydrogen (secondary N) is 1. The summed E-state index contributed by atoms with van der Waals surface area (Å²) in [5.74, 6) is -0.0108. The number of rotatable bonds is 7. The third-order valence-corrected chi connectivity index (χ3v) is 5.38. The summed E-state index contributed by atoms with van der Waals surface area (Å²) < 4.78 is 20.2. The number of hydrogen-bond donors (Lipinski definition) is 2. The molecule has 1 aromatic heterocycles. The minimum absolute atomic E-state index is 0.0469. The van der Waals surface area contributed by atoms with Crippen LogP contribution in [0.2, 0.25) is 0 Å². The summed E-state index contributed by atoms with van der Waals surface area (Å²) in [6.45, 7) is 3.69. The number of carbonyl (C=O) groups is 2. The maximum absolute atomic E-state index is 14.9. The van der Waals surface area contributed by atoms with Gasteiger partial charge in [0, 0.05) is 30.8 Å². The first-order valence-corrected chi connectivity index (χ1v) is 10.6. The predicted octanol–water partition coefficient (Wildman–Crippen LogP) is 1.41. The number of aromatic nitrogens is 1. The van der Waals surface area contributed by atoms with Gasteiger partial charge in [-0.15, -0.1) is 0 Å². The molecule has 1 aromatic carbocycles. The second-order valence-corrected chi connectivity index (χ2v) is 7.72. The van der Waals surface area contributed by atoms with E-state index in [0.29, 0.717) is 42.3 Å². The molecular weight excluding hydrogens is 431 g/mol. The van der Waals surface area contributed by atoms with E-state index in [1.54, 1.807) is 41.8 Å². The molecule has 0 bridgehead atoms. The summed E-state index contributed by atoms with van der Waals surface area (Å²) in [6, 6.07) is 8.12. The Morgan fingerprint density at radius 2 is 2.15 bits per heavy atom. The smallest absolute Gasteiger partial charge is 0.414 e. The molecule has 1 fully saturated rings. The second-order valence-electron chi connectivity index (χ2n) is 7.72. The Labute approximate surface area is 190 Å². The molecule has 174 valence electrons. The molecule has 2 aliphatic rings. The van der Waals surface area contributed by atoms with Gasteiger partial charge in [0.25, 0.3) is 0 Å². The first kappa shape index (κ1) is 22.5. The number of cyclic esters (lactones) is 1. The quantitative estimate of drug-likeness (QED) is 0.648. The Kier molecular flexibility index (Phi) is 6.68. The Balaban J connectivity index is 1.44. The fourth-order valence-corrected chi connectivity index (χ4v) is 3.65. The lowest BCUT2D eigenvalue weighted by molar-refractivity contribution is -0.119. The van der Waals surface area contributed by atoms with E-state index in [0.717, 1.165) is 0 Å². The van der Waals surface area contributed by atoms with Crippen molar-refractivity contribution < 1.29 is 23.8 Å². The molecule has 0 aliphatic carbocycles. The highest BCUT2D eigenvalue weighted by atomic mass is 19.1. The first-order chi connectivity index (χ1) is 15.9. The maximum atomic E-state index is 14.9. The number of carbonyl (C=O) groups excluding carboxylic acids is 2. The van der Waals surface area contributed by atoms with Crippen LogP contribution < -0.4 is 15.1 Å². The van der Waals surface area contributed by atoms with Crippen LogP contribution in [0.15, 0.2) is 41.6 Å². The van der Waals surface area contributed by atoms with Crippen LogP contribution in [0.25, 0.3) is 11.1 Å². The number of aliphatic hydroxyl groups is 1. The van der Waals surface area contributed by atoms with Crippen molar-refractivity contribution in [2.24, 2.45) is 5.10 Å². The van der Waals surface area contributed by atoms with Crippen molar-refractivity contribution in [3.05, 3.63) is 42.3 Å². The molecule has 4 rings (SSSR count). The van der Waals surface area contributed by atoms with E-state index in [1.807, 2.05) is 4.90 Å². The van der Waals surface area contributed by atoms with Crippen molar-refractivity contribution in [3.63, 3.8) is 0 Å². The van der Waals surface area contributed by atoms with Crippen molar-refractivity contribution in [3.8, 4) is 11.1 Å². The van der Waals surface area contributed by atoms with Gasteiger partial charge in [-0.05, 0) is 30.3 Å². The molecule has 1 atom stereocenters. The highest BCUT2D eigenvalue weighted by Gasteiger charge is 2.32. The van der Waals surface area contributed by atoms with Crippen molar-refractivity contribution in [2.45, 2.75) is 13.0 Å². The summed E-state index contributed by atoms with van der Waals surface area (Å²) in [5.41, 5.74) is 1.35. The monoisotopic (exact) mass is 456 g/mol. The molecule has 2 amide bonds. The normalized spacial score (nSPS) is 18.0. The van der Waals surface area contributed by atoms with Gasteiger partial charge in [-0.25, -0.2) is 14.2 Å². The van der Waals surface area contributed by atoms with Crippen LogP contribution in [0.1, 0.15) is 6.92 Å². The van der Waals surface area contributed by atoms with Crippen molar-refractivity contribution in [2.75, 3.05) is 49.1 Å². The minimum Gasteiger partial charge on any atom is -0.442 e. The molecule has 1 unspecified atom stereocenters. The number of amides is 2. The molecule has 2 aliphatic heterocycles. The summed E-state index contributed by atoms with van der Waals surface area (Å²) in [6.07, 6.45) is 2.18. The molecule has 3 heterocycles. The molecule has 11 heteroatoms. The van der Waals surface area contributed by atoms with Gasteiger partial charge in [0.2, 0.25) is 5.91 Å². The van der Waals surface area contributed by atoms with Crippen LogP contribution in [0.5, 0.6) is 0 Å². The van der Waals surface area contributed by atoms with E-state index in [4.69, 9.17) is 9.84 Å². The van der Waals surface area contributed by atoms with E-state index >= 15 is 0 Å². The van der Waals surface area contributed by atoms with E-state index < -0.39 is 18.0 Å². The van der Waals surface area contributed by atoms with Gasteiger partial charge >= 0.3 is 6.09 Å². The second kappa shape index (κ2) is 9.82. The van der Waals surface area contributed by atoms with E-state index in [9.17, 15) is 14.0 Å². The Hall–Kier alpha value is -3.73. The SMILES string of the molecule is CC(=O)NCC1CN(c2ccc(-c3ccc(N4C=NN(CCO)CC4)nc3)c(F)c2)C(=O)O1. The zero-order valence-electron chi connectivity index (χ0n) is 18.1. The maximum Gasteiger partial charge on any atom is 0.414 e. The molecule has 1 saturated heterocycles. The highest BCUT2D eigenvalue weighted by molar-refractivity contribution is 5.90. The third-order valence-electron chi connectivity index (χ3n) is 5.38. The Morgan fingerprint density at radius 3 is 2.79 bits per heavy atom. The number of benzene rings is 1. The standard InChI is InChI=1S/C22H25FN6O4/c1-15(31)24-12-18-13-29(22(32)33-18)17-3-4-19(20(23)10-17)16-2-5-21(25-11-16)27-6-7-28(8-9-30)26-14-27/h2-5,10-11,14,18,30H,6-9,12-13H2,1H3,(H,24,31). The molecule has 33 heavy (non-hydrogen) atoms. The number of pyridine rings is 1. The predicted molar refractivity (Wildman–Crippen MR) is 120 cm³/mol. The largest absolute Gasteiger partial charge is 0.442 e. The summed E-state index contributed by atoms with van der Waals surface area (Å²) in [7, 11) is 0. The van der Waals surface area contributed by atoms with Gasteiger partial charge in [0.05, 0.1) is 38.5 Å². The summed E-state index contributed by atoms with van der Waals surface area (Å²) in [5, 5.41) is 17.6. The fraction of sp³-hybridized carbons (Fsp3) is 0.364. The number of hydrogen-bond acceptors (Lipinski definition) is 8. The van der Waals surface area contributed by atoms with Gasteiger partial charge in [0.15, 0.2) is 0 Å². The van der Waals surface area contributed by atoms with Gasteiger partial charge in [-0.2, -0.15) is 5.10 Å². The highest BCUT2D eigenvalue weighted by Crippen LogP contribution is 2.29. The van der Waals surface area contributed by atoms with E-state index in [-0.39, 0.29) is 25.6 Å². The molecule has 0 radical (unpaired) electrons. The van der Waals surface area contributed by atoms with Crippen LogP contribution in [0.4, 0.5) is 20.7 Å². The minimum atomic E-state index is -0.579. The topological polar surface area (TPSA) is 111 Å². The zero-order chi connectivity index (χ0) is 23.4. The number of β-amino-alcohol motifs (C(OH)–C–C–N with tert-alkyl or cyclic N) is 1. The van der Waals surface area contributed by atoms with Gasteiger partial charge in [-0.3, -0.25) is 14.7 Å². The lowest BCUT2D eigenvalue weighted by Crippen LogP contribution is -2.39. The molecule has 0 spiro atoms. The van der Waals surface area contributed by atoms with Gasteiger partial charge in [-0.1, -0.05) is 0 Å². The third kappa shape index (κ3) is 5.20. The van der Waals surface area contributed by atoms with Crippen LogP contribution in [0.3, 0.4) is 0 Å². The van der Waals surface area contributed by atoms with Crippen LogP contribution >= 0.6 is 0 Å². The molecular formula is C22H25FN6O4. The summed E-state index contributed by atoms with van der Waals surface area (Å²) in [4.78, 5) is 30.9. The number of nitrogens with zero attached hydrogens (tertiary/aromatic N) is 5. The Bertz CT molecular complexity index is 1050. The van der Waals surface area contributed by atoms with Crippen LogP contribution in [0, 0.1) is 5.82 Å². The van der Waals surface area contributed by atoms with Gasteiger partial charge in [0.1, 0.15) is 24.1 Å². The molecule has 2 N–H and O–H groups in total. The number of anilines is 2. The number of aliphatic hydroxyl groups excluding tert-OH is 1. The lowest BCUT2D eigenvalue weighted by Gasteiger charge is -2.28. The molecule has 0 saturated carbocycles. The summed E-state index contributed by atoms with van der Waals surface area (Å²) >= 11 is 0. The van der Waals surface area contributed by atoms with E-state index in [2.05, 4.69) is 15.4 Å². The lowest BCUT2D eigenvalue weighted by atomic mass is 10.1. The zero-order valence-corrected chi connectivity index (χ0v) is 18.1. The fourth-order valence-electron chi connectivity index (χ4n) is 3.65. The first-order valence-electron chi connectivity index (χ1n) is 10.6. The number of ether oxygens (including phenoxy) is 1. The average Bonchev–Trinajstić information content (AvgIpc) is 3.19. The van der Waals surface area contributed by atoms with Crippen molar-refractivity contribution in [1.29, 1.82) is 0 Å². The molecule has 10 nitrogen and oxygen atoms in total.